The maximum Gasteiger partial charge on any atom is 0.337 e. The van der Waals surface area contributed by atoms with Crippen molar-refractivity contribution in [2.24, 2.45) is 17.8 Å². The molecule has 1 aliphatic heterocycles. The Balaban J connectivity index is 1.61. The van der Waals surface area contributed by atoms with Crippen LogP contribution in [0.1, 0.15) is 39.9 Å². The van der Waals surface area contributed by atoms with Crippen molar-refractivity contribution in [2.45, 2.75) is 18.4 Å². The minimum Gasteiger partial charge on any atom is -0.465 e. The molecule has 2 aromatic rings. The number of ether oxygens (including phenoxy) is 1. The Kier molecular flexibility index (Phi) is 3.71. The molecule has 0 amide bonds. The summed E-state index contributed by atoms with van der Waals surface area (Å²) in [6.07, 6.45) is 5.99. The molecular weight excluding hydrogens is 390 g/mol. The van der Waals surface area contributed by atoms with Gasteiger partial charge in [-0.2, -0.15) is 0 Å². The first-order valence-electron chi connectivity index (χ1n) is 9.08. The standard InChI is InChI=1S/C22H20BrNO2/c1-26-22(25)15-6-9-18-17(11-15)19-13-2-3-14(10-13)20(19)21(24-18)12-4-7-16(23)8-5-12/h2-9,11,13-14,19-21,24H,10H2,1H3/t13-,14+,19-,20-,21+/m1/s1. The van der Waals surface area contributed by atoms with Crippen LogP contribution in [0.2, 0.25) is 0 Å². The third-order valence-electron chi connectivity index (χ3n) is 6.28. The topological polar surface area (TPSA) is 38.3 Å². The van der Waals surface area contributed by atoms with Crippen LogP contribution in [0.5, 0.6) is 0 Å². The van der Waals surface area contributed by atoms with E-state index in [0.29, 0.717) is 35.3 Å². The highest BCUT2D eigenvalue weighted by atomic mass is 79.9. The smallest absolute Gasteiger partial charge is 0.337 e. The van der Waals surface area contributed by atoms with Crippen LogP contribution in [0, 0.1) is 17.8 Å². The van der Waals surface area contributed by atoms with Crippen molar-refractivity contribution in [2.75, 3.05) is 12.4 Å². The predicted octanol–water partition coefficient (Wildman–Crippen LogP) is 5.31. The Morgan fingerprint density at radius 3 is 2.65 bits per heavy atom. The lowest BCUT2D eigenvalue weighted by atomic mass is 9.70. The maximum atomic E-state index is 12.0. The normalized spacial score (nSPS) is 30.5. The van der Waals surface area contributed by atoms with E-state index in [1.54, 1.807) is 0 Å². The van der Waals surface area contributed by atoms with Gasteiger partial charge in [0.2, 0.25) is 0 Å². The summed E-state index contributed by atoms with van der Waals surface area (Å²) >= 11 is 3.54. The van der Waals surface area contributed by atoms with E-state index in [4.69, 9.17) is 4.74 Å². The van der Waals surface area contributed by atoms with Gasteiger partial charge in [0.1, 0.15) is 0 Å². The second kappa shape index (κ2) is 5.98. The van der Waals surface area contributed by atoms with Gasteiger partial charge in [0.05, 0.1) is 18.7 Å². The van der Waals surface area contributed by atoms with Gasteiger partial charge in [-0.05, 0) is 71.6 Å². The highest BCUT2D eigenvalue weighted by molar-refractivity contribution is 9.10. The molecule has 5 atom stereocenters. The summed E-state index contributed by atoms with van der Waals surface area (Å²) in [7, 11) is 1.44. The van der Waals surface area contributed by atoms with Gasteiger partial charge in [-0.1, -0.05) is 40.2 Å². The number of carbonyl (C=O) groups is 1. The summed E-state index contributed by atoms with van der Waals surface area (Å²) in [6.45, 7) is 0. The van der Waals surface area contributed by atoms with E-state index in [2.05, 4.69) is 57.7 Å². The van der Waals surface area contributed by atoms with Gasteiger partial charge in [-0.3, -0.25) is 0 Å². The zero-order valence-electron chi connectivity index (χ0n) is 14.5. The summed E-state index contributed by atoms with van der Waals surface area (Å²) in [5.74, 6) is 1.88. The lowest BCUT2D eigenvalue weighted by Crippen LogP contribution is -2.34. The number of carbonyl (C=O) groups excluding carboxylic acids is 1. The molecule has 0 unspecified atom stereocenters. The molecule has 26 heavy (non-hydrogen) atoms. The molecule has 5 rings (SSSR count). The number of benzene rings is 2. The lowest BCUT2D eigenvalue weighted by molar-refractivity contribution is 0.0600. The number of allylic oxidation sites excluding steroid dienone is 2. The highest BCUT2D eigenvalue weighted by Crippen LogP contribution is 2.61. The number of anilines is 1. The molecule has 0 aromatic heterocycles. The van der Waals surface area contributed by atoms with Crippen molar-refractivity contribution in [1.82, 2.24) is 0 Å². The molecule has 2 bridgehead atoms. The molecule has 4 heteroatoms. The highest BCUT2D eigenvalue weighted by Gasteiger charge is 2.51. The molecule has 1 heterocycles. The van der Waals surface area contributed by atoms with Crippen molar-refractivity contribution in [3.63, 3.8) is 0 Å². The van der Waals surface area contributed by atoms with E-state index < -0.39 is 0 Å². The SMILES string of the molecule is COC(=O)c1ccc2c(c1)[C@@H]1[C@@H]([C@H]3C=C[C@@H]1C3)[C@H](c1ccc(Br)cc1)N2. The molecule has 2 aliphatic carbocycles. The van der Waals surface area contributed by atoms with Crippen LogP contribution in [-0.2, 0) is 4.74 Å². The summed E-state index contributed by atoms with van der Waals surface area (Å²) in [5.41, 5.74) is 4.38. The molecule has 132 valence electrons. The molecule has 0 spiro atoms. The molecule has 1 N–H and O–H groups in total. The fraction of sp³-hybridized carbons (Fsp3) is 0.318. The minimum absolute atomic E-state index is 0.266. The average Bonchev–Trinajstić information content (AvgIpc) is 3.29. The van der Waals surface area contributed by atoms with Gasteiger partial charge in [0.25, 0.3) is 0 Å². The first-order chi connectivity index (χ1) is 12.7. The molecule has 1 saturated carbocycles. The number of fused-ring (bicyclic) bond motifs is 7. The van der Waals surface area contributed by atoms with Gasteiger partial charge in [0.15, 0.2) is 0 Å². The largest absolute Gasteiger partial charge is 0.465 e. The number of rotatable bonds is 2. The van der Waals surface area contributed by atoms with Gasteiger partial charge in [-0.15, -0.1) is 0 Å². The van der Waals surface area contributed by atoms with Crippen molar-refractivity contribution < 1.29 is 9.53 Å². The Morgan fingerprint density at radius 1 is 1.12 bits per heavy atom. The Bertz CT molecular complexity index is 905. The quantitative estimate of drug-likeness (QED) is 0.539. The molecule has 0 saturated heterocycles. The van der Waals surface area contributed by atoms with Crippen molar-refractivity contribution in [3.8, 4) is 0 Å². The summed E-state index contributed by atoms with van der Waals surface area (Å²) in [5, 5.41) is 3.77. The summed E-state index contributed by atoms with van der Waals surface area (Å²) < 4.78 is 6.03. The monoisotopic (exact) mass is 409 g/mol. The third kappa shape index (κ3) is 2.35. The maximum absolute atomic E-state index is 12.0. The first-order valence-corrected chi connectivity index (χ1v) is 9.87. The van der Waals surface area contributed by atoms with E-state index in [1.807, 2.05) is 18.2 Å². The van der Waals surface area contributed by atoms with Crippen molar-refractivity contribution >= 4 is 27.6 Å². The molecule has 0 radical (unpaired) electrons. The second-order valence-electron chi connectivity index (χ2n) is 7.52. The van der Waals surface area contributed by atoms with Gasteiger partial charge >= 0.3 is 5.97 Å². The van der Waals surface area contributed by atoms with Crippen LogP contribution in [-0.4, -0.2) is 13.1 Å². The number of hydrogen-bond acceptors (Lipinski definition) is 3. The first kappa shape index (κ1) is 16.1. The number of esters is 1. The second-order valence-corrected chi connectivity index (χ2v) is 8.43. The summed E-state index contributed by atoms with van der Waals surface area (Å²) in [4.78, 5) is 12.0. The Hall–Kier alpha value is -2.07. The van der Waals surface area contributed by atoms with Crippen molar-refractivity contribution in [3.05, 3.63) is 75.8 Å². The molecule has 2 aromatic carbocycles. The number of nitrogens with one attached hydrogen (secondary N) is 1. The van der Waals surface area contributed by atoms with E-state index in [9.17, 15) is 4.79 Å². The van der Waals surface area contributed by atoms with E-state index in [-0.39, 0.29) is 5.97 Å². The predicted molar refractivity (Wildman–Crippen MR) is 105 cm³/mol. The fourth-order valence-electron chi connectivity index (χ4n) is 5.21. The molecule has 3 aliphatic rings. The van der Waals surface area contributed by atoms with Crippen LogP contribution in [0.3, 0.4) is 0 Å². The van der Waals surface area contributed by atoms with Crippen LogP contribution < -0.4 is 5.32 Å². The van der Waals surface area contributed by atoms with Crippen molar-refractivity contribution in [1.29, 1.82) is 0 Å². The zero-order valence-corrected chi connectivity index (χ0v) is 16.1. The Morgan fingerprint density at radius 2 is 1.88 bits per heavy atom. The van der Waals surface area contributed by atoms with Gasteiger partial charge < -0.3 is 10.1 Å². The number of halogens is 1. The average molecular weight is 410 g/mol. The Labute approximate surface area is 161 Å². The third-order valence-corrected chi connectivity index (χ3v) is 6.81. The molecule has 3 nitrogen and oxygen atoms in total. The molecular formula is C22H20BrNO2. The van der Waals surface area contributed by atoms with Crippen LogP contribution in [0.15, 0.2) is 59.1 Å². The van der Waals surface area contributed by atoms with E-state index in [1.165, 1.54) is 24.7 Å². The van der Waals surface area contributed by atoms with Crippen LogP contribution in [0.4, 0.5) is 5.69 Å². The van der Waals surface area contributed by atoms with E-state index in [0.717, 1.165) is 10.2 Å². The van der Waals surface area contributed by atoms with E-state index >= 15 is 0 Å². The van der Waals surface area contributed by atoms with Gasteiger partial charge in [0, 0.05) is 10.2 Å². The lowest BCUT2D eigenvalue weighted by Gasteiger charge is -2.42. The minimum atomic E-state index is -0.266. The van der Waals surface area contributed by atoms with Crippen LogP contribution >= 0.6 is 15.9 Å². The fourth-order valence-corrected chi connectivity index (χ4v) is 5.47. The molecule has 1 fully saturated rings. The zero-order chi connectivity index (χ0) is 17.8. The van der Waals surface area contributed by atoms with Crippen LogP contribution in [0.25, 0.3) is 0 Å². The number of hydrogen-bond donors (Lipinski definition) is 1. The van der Waals surface area contributed by atoms with Gasteiger partial charge in [-0.25, -0.2) is 4.79 Å². The summed E-state index contributed by atoms with van der Waals surface area (Å²) in [6, 6.07) is 14.9. The number of methoxy groups -OCH3 is 1.